The molecule has 0 saturated carbocycles. The number of β-amino-alcohol motifs (C(OH)–C–C–N with tert-alkyl or cyclic N) is 1. The number of hydrogen-bond donors (Lipinski definition) is 1. The van der Waals surface area contributed by atoms with Gasteiger partial charge in [0.15, 0.2) is 0 Å². The summed E-state index contributed by atoms with van der Waals surface area (Å²) in [4.78, 5) is 44.6. The molecule has 3 aliphatic rings. The van der Waals surface area contributed by atoms with Crippen LogP contribution in [-0.2, 0) is 23.9 Å². The molecular formula is C28H36N2O6. The number of carbonyl (C=O) groups excluding carboxylic acids is 3. The molecule has 1 aromatic carbocycles. The van der Waals surface area contributed by atoms with E-state index in [0.29, 0.717) is 6.42 Å². The Balaban J connectivity index is 1.84. The van der Waals surface area contributed by atoms with Gasteiger partial charge in [-0.1, -0.05) is 43.9 Å². The van der Waals surface area contributed by atoms with E-state index in [4.69, 9.17) is 9.47 Å². The van der Waals surface area contributed by atoms with E-state index in [2.05, 4.69) is 13.2 Å². The monoisotopic (exact) mass is 496 g/mol. The van der Waals surface area contributed by atoms with Crippen molar-refractivity contribution in [3.05, 3.63) is 54.6 Å². The van der Waals surface area contributed by atoms with Gasteiger partial charge in [-0.3, -0.25) is 14.4 Å². The zero-order chi connectivity index (χ0) is 26.4. The lowest BCUT2D eigenvalue weighted by molar-refractivity contribution is -0.160. The third-order valence-corrected chi connectivity index (χ3v) is 8.27. The summed E-state index contributed by atoms with van der Waals surface area (Å²) in [5.74, 6) is -3.04. The van der Waals surface area contributed by atoms with Crippen molar-refractivity contribution < 1.29 is 29.0 Å². The second-order valence-electron chi connectivity index (χ2n) is 10.4. The predicted octanol–water partition coefficient (Wildman–Crippen LogP) is 2.55. The van der Waals surface area contributed by atoms with E-state index < -0.39 is 35.0 Å². The molecule has 3 saturated heterocycles. The van der Waals surface area contributed by atoms with Crippen LogP contribution in [0.2, 0.25) is 0 Å². The van der Waals surface area contributed by atoms with E-state index in [-0.39, 0.29) is 44.0 Å². The number of anilines is 1. The van der Waals surface area contributed by atoms with E-state index in [9.17, 15) is 19.5 Å². The van der Waals surface area contributed by atoms with Crippen LogP contribution in [0.3, 0.4) is 0 Å². The molecule has 3 fully saturated rings. The predicted molar refractivity (Wildman–Crippen MR) is 135 cm³/mol. The minimum atomic E-state index is -1.20. The molecule has 4 rings (SSSR count). The largest absolute Gasteiger partial charge is 0.461 e. The average molecular weight is 497 g/mol. The van der Waals surface area contributed by atoms with Crippen molar-refractivity contribution in [2.24, 2.45) is 17.8 Å². The van der Waals surface area contributed by atoms with Crippen molar-refractivity contribution in [3.63, 3.8) is 0 Å². The van der Waals surface area contributed by atoms with Crippen molar-refractivity contribution in [1.82, 2.24) is 4.90 Å². The Morgan fingerprint density at radius 1 is 1.28 bits per heavy atom. The molecule has 6 atom stereocenters. The standard InChI is InChI=1S/C28H36N2O6/c1-7-12-29(22-17(3)10-9-11-18(22)4)25(33)23-28-16-19(5)27(6,36-28)21(26(34)35-15-8-2)20(28)24(32)30(23)13-14-31/h7-11,19-21,23,31H,1-2,12-16H2,3-6H3/t19?,20-,21+,23?,27-,28?/m0/s1. The fraction of sp³-hybridized carbons (Fsp3) is 0.536. The Morgan fingerprint density at radius 2 is 1.94 bits per heavy atom. The molecule has 2 bridgehead atoms. The van der Waals surface area contributed by atoms with Crippen LogP contribution in [0, 0.1) is 31.6 Å². The number of fused-ring (bicyclic) bond motifs is 1. The van der Waals surface area contributed by atoms with Crippen molar-refractivity contribution in [1.29, 1.82) is 0 Å². The summed E-state index contributed by atoms with van der Waals surface area (Å²) in [7, 11) is 0. The minimum absolute atomic E-state index is 0.0239. The number of carbonyl (C=O) groups is 3. The lowest BCUT2D eigenvalue weighted by Gasteiger charge is -2.37. The van der Waals surface area contributed by atoms with Gasteiger partial charge in [-0.2, -0.15) is 0 Å². The molecule has 8 heteroatoms. The number of nitrogens with zero attached hydrogens (tertiary/aromatic N) is 2. The van der Waals surface area contributed by atoms with Gasteiger partial charge >= 0.3 is 5.97 Å². The summed E-state index contributed by atoms with van der Waals surface area (Å²) in [6.45, 7) is 15.0. The number of ether oxygens (including phenoxy) is 2. The molecular weight excluding hydrogens is 460 g/mol. The maximum Gasteiger partial charge on any atom is 0.313 e. The number of esters is 1. The topological polar surface area (TPSA) is 96.4 Å². The molecule has 0 aliphatic carbocycles. The number of likely N-dealkylation sites (tertiary alicyclic amines) is 1. The SMILES string of the molecule is C=CCOC(=O)[C@H]1[C@H]2C(=O)N(CCO)C(C(=O)N(CC=C)c3c(C)cccc3C)C23CC(C)[C@]1(C)O3. The second kappa shape index (κ2) is 9.48. The number of para-hydroxylation sites is 1. The Kier molecular flexibility index (Phi) is 6.88. The smallest absolute Gasteiger partial charge is 0.313 e. The Labute approximate surface area is 212 Å². The van der Waals surface area contributed by atoms with Gasteiger partial charge in [-0.25, -0.2) is 0 Å². The molecule has 194 valence electrons. The highest BCUT2D eigenvalue weighted by molar-refractivity contribution is 6.05. The number of hydrogen-bond acceptors (Lipinski definition) is 6. The first-order valence-corrected chi connectivity index (χ1v) is 12.5. The molecule has 3 heterocycles. The number of aliphatic hydroxyl groups excluding tert-OH is 1. The van der Waals surface area contributed by atoms with Gasteiger partial charge in [-0.05, 0) is 44.2 Å². The summed E-state index contributed by atoms with van der Waals surface area (Å²) < 4.78 is 12.1. The maximum atomic E-state index is 14.4. The van der Waals surface area contributed by atoms with E-state index >= 15 is 0 Å². The molecule has 3 aliphatic heterocycles. The van der Waals surface area contributed by atoms with Crippen molar-refractivity contribution in [2.75, 3.05) is 31.2 Å². The summed E-state index contributed by atoms with van der Waals surface area (Å²) in [6.07, 6.45) is 3.57. The summed E-state index contributed by atoms with van der Waals surface area (Å²) in [5.41, 5.74) is 0.433. The number of amides is 2. The van der Waals surface area contributed by atoms with Crippen molar-refractivity contribution >= 4 is 23.5 Å². The Hall–Kier alpha value is -2.97. The second-order valence-corrected chi connectivity index (χ2v) is 10.4. The van der Waals surface area contributed by atoms with E-state index in [0.717, 1.165) is 16.8 Å². The van der Waals surface area contributed by atoms with Crippen LogP contribution in [0.5, 0.6) is 0 Å². The molecule has 0 aromatic heterocycles. The Bertz CT molecular complexity index is 1080. The minimum Gasteiger partial charge on any atom is -0.461 e. The molecule has 36 heavy (non-hydrogen) atoms. The van der Waals surface area contributed by atoms with Crippen LogP contribution in [0.1, 0.15) is 31.4 Å². The van der Waals surface area contributed by atoms with Gasteiger partial charge in [-0.15, -0.1) is 6.58 Å². The highest BCUT2D eigenvalue weighted by Crippen LogP contribution is 2.65. The van der Waals surface area contributed by atoms with Crippen molar-refractivity contribution in [3.8, 4) is 0 Å². The first-order chi connectivity index (χ1) is 17.1. The van der Waals surface area contributed by atoms with Crippen LogP contribution in [0.25, 0.3) is 0 Å². The van der Waals surface area contributed by atoms with Crippen LogP contribution in [-0.4, -0.2) is 71.3 Å². The summed E-state index contributed by atoms with van der Waals surface area (Å²) in [6, 6.07) is 4.80. The number of aryl methyl sites for hydroxylation is 2. The number of aliphatic hydroxyl groups is 1. The highest BCUT2D eigenvalue weighted by Gasteiger charge is 2.80. The normalized spacial score (nSPS) is 32.4. The zero-order valence-electron chi connectivity index (χ0n) is 21.5. The van der Waals surface area contributed by atoms with Gasteiger partial charge in [0.1, 0.15) is 24.2 Å². The molecule has 1 N–H and O–H groups in total. The maximum absolute atomic E-state index is 14.4. The molecule has 3 unspecified atom stereocenters. The summed E-state index contributed by atoms with van der Waals surface area (Å²) >= 11 is 0. The molecule has 8 nitrogen and oxygen atoms in total. The van der Waals surface area contributed by atoms with E-state index in [1.54, 1.807) is 11.0 Å². The highest BCUT2D eigenvalue weighted by atomic mass is 16.6. The number of rotatable bonds is 9. The first kappa shape index (κ1) is 26.1. The first-order valence-electron chi connectivity index (χ1n) is 12.5. The van der Waals surface area contributed by atoms with Gasteiger partial charge < -0.3 is 24.4 Å². The fourth-order valence-corrected chi connectivity index (χ4v) is 6.76. The quantitative estimate of drug-likeness (QED) is 0.417. The lowest BCUT2D eigenvalue weighted by Crippen LogP contribution is -2.57. The summed E-state index contributed by atoms with van der Waals surface area (Å²) in [5, 5.41) is 9.84. The third-order valence-electron chi connectivity index (χ3n) is 8.27. The molecule has 1 aromatic rings. The van der Waals surface area contributed by atoms with Gasteiger partial charge in [0.2, 0.25) is 5.91 Å². The molecule has 1 spiro atoms. The third kappa shape index (κ3) is 3.61. The van der Waals surface area contributed by atoms with Gasteiger partial charge in [0.25, 0.3) is 5.91 Å². The van der Waals surface area contributed by atoms with Crippen LogP contribution in [0.4, 0.5) is 5.69 Å². The van der Waals surface area contributed by atoms with Crippen molar-refractivity contribution in [2.45, 2.75) is 51.4 Å². The van der Waals surface area contributed by atoms with E-state index in [1.165, 1.54) is 11.0 Å². The van der Waals surface area contributed by atoms with Crippen LogP contribution >= 0.6 is 0 Å². The van der Waals surface area contributed by atoms with Crippen LogP contribution in [0.15, 0.2) is 43.5 Å². The number of benzene rings is 1. The lowest BCUT2D eigenvalue weighted by atomic mass is 9.62. The molecule has 0 radical (unpaired) electrons. The fourth-order valence-electron chi connectivity index (χ4n) is 6.76. The van der Waals surface area contributed by atoms with Gasteiger partial charge in [0, 0.05) is 18.8 Å². The average Bonchev–Trinajstić information content (AvgIpc) is 3.33. The van der Waals surface area contributed by atoms with Gasteiger partial charge in [0.05, 0.1) is 18.1 Å². The zero-order valence-corrected chi connectivity index (χ0v) is 21.5. The van der Waals surface area contributed by atoms with Crippen LogP contribution < -0.4 is 4.90 Å². The molecule has 2 amide bonds. The van der Waals surface area contributed by atoms with E-state index in [1.807, 2.05) is 45.9 Å². The Morgan fingerprint density at radius 3 is 2.53 bits per heavy atom.